The highest BCUT2D eigenvalue weighted by Crippen LogP contribution is 2.32. The van der Waals surface area contributed by atoms with Crippen LogP contribution in [0.5, 0.6) is 0 Å². The largest absolute Gasteiger partial charge is 0.383 e. The van der Waals surface area contributed by atoms with E-state index in [9.17, 15) is 14.0 Å². The average molecular weight is 603 g/mol. The zero-order valence-electron chi connectivity index (χ0n) is 25.0. The fourth-order valence-electron chi connectivity index (χ4n) is 5.11. The lowest BCUT2D eigenvalue weighted by Crippen LogP contribution is -2.42. The Morgan fingerprint density at radius 2 is 1.93 bits per heavy atom. The van der Waals surface area contributed by atoms with Gasteiger partial charge in [-0.3, -0.25) is 19.9 Å². The summed E-state index contributed by atoms with van der Waals surface area (Å²) in [5.41, 5.74) is 4.33. The van der Waals surface area contributed by atoms with E-state index in [4.69, 9.17) is 14.7 Å². The van der Waals surface area contributed by atoms with Crippen LogP contribution < -0.4 is 16.0 Å². The van der Waals surface area contributed by atoms with Crippen LogP contribution in [0.3, 0.4) is 0 Å². The molecule has 12 nitrogen and oxygen atoms in total. The highest BCUT2D eigenvalue weighted by molar-refractivity contribution is 5.94. The highest BCUT2D eigenvalue weighted by Gasteiger charge is 2.37. The summed E-state index contributed by atoms with van der Waals surface area (Å²) in [6.07, 6.45) is 2.34. The van der Waals surface area contributed by atoms with Crippen LogP contribution in [0.4, 0.5) is 15.0 Å². The maximum absolute atomic E-state index is 14.0. The second kappa shape index (κ2) is 13.7. The smallest absolute Gasteiger partial charge is 0.320 e. The van der Waals surface area contributed by atoms with Crippen LogP contribution in [0.1, 0.15) is 40.2 Å². The third-order valence-corrected chi connectivity index (χ3v) is 7.23. The summed E-state index contributed by atoms with van der Waals surface area (Å²) in [5, 5.41) is 15.3. The number of pyridine rings is 2. The fourth-order valence-corrected chi connectivity index (χ4v) is 5.11. The third kappa shape index (κ3) is 6.75. The first-order chi connectivity index (χ1) is 21.3. The molecule has 230 valence electrons. The van der Waals surface area contributed by atoms with E-state index in [-0.39, 0.29) is 5.91 Å². The first kappa shape index (κ1) is 30.7. The molecule has 1 aliphatic rings. The average Bonchev–Trinajstić information content (AvgIpc) is 3.56. The second-order valence-corrected chi connectivity index (χ2v) is 10.3. The van der Waals surface area contributed by atoms with Gasteiger partial charge in [-0.15, -0.1) is 0 Å². The number of aromatic nitrogens is 4. The van der Waals surface area contributed by atoms with Gasteiger partial charge in [0.05, 0.1) is 24.0 Å². The standard InChI is InChI=1S/C31H35FN8O4/c1-5-33-30(41)26-19(2)15-22(17-35-26)27-20(3)29(40(38-27)23-9-7-6-8-10-23)37-31(42)36-24-18-39(13-14-43-4)44-28(24)21-11-12-34-25(32)16-21/h6-12,15-17,24,28H,5,13-14,18H2,1-4H3,(H,33,41)(H2,36,37,42)/t24-,28+/m1/s1. The predicted octanol–water partition coefficient (Wildman–Crippen LogP) is 3.96. The Bertz CT molecular complexity index is 1630. The zero-order valence-corrected chi connectivity index (χ0v) is 25.0. The number of nitrogens with one attached hydrogen (secondary N) is 3. The lowest BCUT2D eigenvalue weighted by molar-refractivity contribution is -0.154. The Kier molecular flexibility index (Phi) is 9.58. The number of halogens is 1. The molecule has 0 unspecified atom stereocenters. The number of urea groups is 1. The van der Waals surface area contributed by atoms with Gasteiger partial charge in [0.2, 0.25) is 5.95 Å². The van der Waals surface area contributed by atoms with Gasteiger partial charge in [0.25, 0.3) is 5.91 Å². The Hall–Kier alpha value is -4.72. The zero-order chi connectivity index (χ0) is 31.2. The van der Waals surface area contributed by atoms with Crippen LogP contribution in [-0.4, -0.2) is 76.1 Å². The summed E-state index contributed by atoms with van der Waals surface area (Å²) in [4.78, 5) is 40.1. The molecule has 5 rings (SSSR count). The summed E-state index contributed by atoms with van der Waals surface area (Å²) in [6, 6.07) is 13.2. The minimum Gasteiger partial charge on any atom is -0.383 e. The molecule has 2 atom stereocenters. The van der Waals surface area contributed by atoms with Gasteiger partial charge in [-0.05, 0) is 62.2 Å². The van der Waals surface area contributed by atoms with Gasteiger partial charge in [0.1, 0.15) is 17.6 Å². The van der Waals surface area contributed by atoms with E-state index in [0.29, 0.717) is 65.7 Å². The van der Waals surface area contributed by atoms with Crippen LogP contribution in [0, 0.1) is 19.8 Å². The number of para-hydroxylation sites is 1. The normalized spacial score (nSPS) is 16.6. The summed E-state index contributed by atoms with van der Waals surface area (Å²) in [7, 11) is 1.59. The lowest BCUT2D eigenvalue weighted by atomic mass is 10.0. The minimum absolute atomic E-state index is 0.244. The van der Waals surface area contributed by atoms with Gasteiger partial charge in [0.15, 0.2) is 0 Å². The number of hydrogen-bond donors (Lipinski definition) is 3. The molecule has 0 spiro atoms. The number of rotatable bonds is 10. The number of ether oxygens (including phenoxy) is 1. The monoisotopic (exact) mass is 602 g/mol. The number of anilines is 1. The molecule has 4 heterocycles. The highest BCUT2D eigenvalue weighted by atomic mass is 19.1. The molecular weight excluding hydrogens is 567 g/mol. The van der Waals surface area contributed by atoms with Crippen LogP contribution in [0.15, 0.2) is 60.9 Å². The Labute approximate surface area is 254 Å². The Morgan fingerprint density at radius 1 is 1.14 bits per heavy atom. The first-order valence-electron chi connectivity index (χ1n) is 14.3. The predicted molar refractivity (Wildman–Crippen MR) is 162 cm³/mol. The SMILES string of the molecule is CCNC(=O)c1ncc(-c2nn(-c3ccccc3)c(NC(=O)N[C@@H]3CN(CCOC)O[C@H]3c3ccnc(F)c3)c2C)cc1C. The molecule has 1 saturated heterocycles. The number of hydrogen-bond acceptors (Lipinski definition) is 8. The molecule has 1 aliphatic heterocycles. The molecule has 4 aromatic rings. The fraction of sp³-hybridized carbons (Fsp3) is 0.323. The van der Waals surface area contributed by atoms with Crippen molar-refractivity contribution >= 4 is 17.8 Å². The topological polar surface area (TPSA) is 136 Å². The summed E-state index contributed by atoms with van der Waals surface area (Å²) in [5.74, 6) is -0.425. The molecule has 0 bridgehead atoms. The van der Waals surface area contributed by atoms with E-state index < -0.39 is 24.1 Å². The number of aryl methyl sites for hydroxylation is 1. The van der Waals surface area contributed by atoms with Crippen molar-refractivity contribution in [3.63, 3.8) is 0 Å². The molecule has 1 aromatic carbocycles. The summed E-state index contributed by atoms with van der Waals surface area (Å²) >= 11 is 0. The number of methoxy groups -OCH3 is 1. The molecular formula is C31H35FN8O4. The van der Waals surface area contributed by atoms with E-state index in [1.165, 1.54) is 12.3 Å². The Balaban J connectivity index is 1.44. The van der Waals surface area contributed by atoms with E-state index in [0.717, 1.165) is 5.69 Å². The Morgan fingerprint density at radius 3 is 2.64 bits per heavy atom. The third-order valence-electron chi connectivity index (χ3n) is 7.23. The van der Waals surface area contributed by atoms with Crippen molar-refractivity contribution < 1.29 is 23.6 Å². The maximum Gasteiger partial charge on any atom is 0.320 e. The lowest BCUT2D eigenvalue weighted by Gasteiger charge is -2.19. The maximum atomic E-state index is 14.0. The number of benzene rings is 1. The second-order valence-electron chi connectivity index (χ2n) is 10.3. The van der Waals surface area contributed by atoms with E-state index >= 15 is 0 Å². The molecule has 0 radical (unpaired) electrons. The van der Waals surface area contributed by atoms with Crippen molar-refractivity contribution in [3.8, 4) is 16.9 Å². The quantitative estimate of drug-likeness (QED) is 0.232. The van der Waals surface area contributed by atoms with Crippen LogP contribution in [0.25, 0.3) is 16.9 Å². The van der Waals surface area contributed by atoms with Crippen LogP contribution in [0.2, 0.25) is 0 Å². The minimum atomic E-state index is -0.636. The van der Waals surface area contributed by atoms with Crippen molar-refractivity contribution in [2.24, 2.45) is 0 Å². The van der Waals surface area contributed by atoms with Gasteiger partial charge in [-0.2, -0.15) is 14.6 Å². The number of carbonyl (C=O) groups is 2. The van der Waals surface area contributed by atoms with Gasteiger partial charge < -0.3 is 15.4 Å². The molecule has 0 saturated carbocycles. The van der Waals surface area contributed by atoms with Crippen molar-refractivity contribution in [3.05, 3.63) is 89.3 Å². The van der Waals surface area contributed by atoms with Crippen molar-refractivity contribution in [1.82, 2.24) is 35.4 Å². The number of carbonyl (C=O) groups excluding carboxylic acids is 2. The van der Waals surface area contributed by atoms with Gasteiger partial charge in [-0.1, -0.05) is 18.2 Å². The summed E-state index contributed by atoms with van der Waals surface area (Å²) in [6.45, 7) is 7.28. The molecule has 44 heavy (non-hydrogen) atoms. The van der Waals surface area contributed by atoms with Crippen LogP contribution in [-0.2, 0) is 9.57 Å². The first-order valence-corrected chi connectivity index (χ1v) is 14.3. The van der Waals surface area contributed by atoms with E-state index in [1.807, 2.05) is 57.2 Å². The van der Waals surface area contributed by atoms with E-state index in [2.05, 4.69) is 25.9 Å². The molecule has 0 aliphatic carbocycles. The molecule has 13 heteroatoms. The number of nitrogens with zero attached hydrogens (tertiary/aromatic N) is 5. The van der Waals surface area contributed by atoms with Crippen molar-refractivity contribution in [1.29, 1.82) is 0 Å². The van der Waals surface area contributed by atoms with Gasteiger partial charge in [-0.25, -0.2) is 14.5 Å². The van der Waals surface area contributed by atoms with Crippen molar-refractivity contribution in [2.75, 3.05) is 38.7 Å². The van der Waals surface area contributed by atoms with Gasteiger partial charge >= 0.3 is 6.03 Å². The molecule has 3 aromatic heterocycles. The van der Waals surface area contributed by atoms with E-state index in [1.54, 1.807) is 29.1 Å². The van der Waals surface area contributed by atoms with Crippen LogP contribution >= 0.6 is 0 Å². The molecule has 3 N–H and O–H groups in total. The van der Waals surface area contributed by atoms with Gasteiger partial charge in [0, 0.05) is 50.3 Å². The molecule has 1 fully saturated rings. The number of amides is 3. The summed E-state index contributed by atoms with van der Waals surface area (Å²) < 4.78 is 20.8. The molecule has 3 amide bonds. The van der Waals surface area contributed by atoms with Crippen molar-refractivity contribution in [2.45, 2.75) is 32.9 Å². The number of hydroxylamine groups is 2.